The zero-order valence-corrected chi connectivity index (χ0v) is 14.6. The van der Waals surface area contributed by atoms with Gasteiger partial charge in [0.25, 0.3) is 11.6 Å². The van der Waals surface area contributed by atoms with E-state index in [1.165, 1.54) is 13.0 Å². The highest BCUT2D eigenvalue weighted by atomic mass is 16.6. The van der Waals surface area contributed by atoms with Crippen molar-refractivity contribution in [3.63, 3.8) is 0 Å². The van der Waals surface area contributed by atoms with E-state index in [2.05, 4.69) is 10.6 Å². The summed E-state index contributed by atoms with van der Waals surface area (Å²) in [6.07, 6.45) is 0. The van der Waals surface area contributed by atoms with Crippen LogP contribution in [0.3, 0.4) is 0 Å². The first-order valence-corrected chi connectivity index (χ1v) is 7.95. The van der Waals surface area contributed by atoms with Crippen LogP contribution in [-0.4, -0.2) is 29.3 Å². The van der Waals surface area contributed by atoms with Crippen molar-refractivity contribution in [2.75, 3.05) is 17.2 Å². The van der Waals surface area contributed by atoms with E-state index in [0.29, 0.717) is 11.4 Å². The average molecular weight is 371 g/mol. The lowest BCUT2D eigenvalue weighted by Crippen LogP contribution is -2.14. The number of ether oxygens (including phenoxy) is 1. The Morgan fingerprint density at radius 1 is 1.00 bits per heavy atom. The van der Waals surface area contributed by atoms with Crippen molar-refractivity contribution in [3.8, 4) is 0 Å². The zero-order valence-electron chi connectivity index (χ0n) is 14.6. The van der Waals surface area contributed by atoms with E-state index in [-0.39, 0.29) is 23.6 Å². The van der Waals surface area contributed by atoms with Crippen molar-refractivity contribution >= 4 is 34.8 Å². The van der Waals surface area contributed by atoms with Crippen molar-refractivity contribution < 1.29 is 24.0 Å². The molecule has 2 rings (SSSR count). The Labute approximate surface area is 154 Å². The highest BCUT2D eigenvalue weighted by molar-refractivity contribution is 6.06. The normalized spacial score (nSPS) is 10.0. The maximum absolute atomic E-state index is 12.4. The number of hydrogen-bond acceptors (Lipinski definition) is 6. The molecule has 0 saturated heterocycles. The lowest BCUT2D eigenvalue weighted by Gasteiger charge is -2.08. The van der Waals surface area contributed by atoms with Crippen molar-refractivity contribution in [3.05, 3.63) is 63.7 Å². The van der Waals surface area contributed by atoms with Gasteiger partial charge in [-0.2, -0.15) is 0 Å². The largest absolute Gasteiger partial charge is 0.462 e. The third-order valence-electron chi connectivity index (χ3n) is 3.37. The third kappa shape index (κ3) is 5.36. The molecule has 27 heavy (non-hydrogen) atoms. The van der Waals surface area contributed by atoms with E-state index in [4.69, 9.17) is 4.74 Å². The molecule has 9 heteroatoms. The molecule has 0 saturated carbocycles. The predicted octanol–water partition coefficient (Wildman–Crippen LogP) is 2.98. The van der Waals surface area contributed by atoms with Crippen LogP contribution >= 0.6 is 0 Å². The number of rotatable bonds is 6. The SMILES string of the molecule is CCOC(=O)c1cc(C(=O)Nc2ccc(NC(C)=O)cc2)cc([N+](=O)[O-])c1. The molecule has 0 spiro atoms. The number of hydrogen-bond donors (Lipinski definition) is 2. The van der Waals surface area contributed by atoms with Crippen LogP contribution in [-0.2, 0) is 9.53 Å². The summed E-state index contributed by atoms with van der Waals surface area (Å²) in [7, 11) is 0. The van der Waals surface area contributed by atoms with Gasteiger partial charge in [-0.3, -0.25) is 19.7 Å². The Bertz CT molecular complexity index is 892. The van der Waals surface area contributed by atoms with Crippen LogP contribution in [0.2, 0.25) is 0 Å². The molecule has 0 bridgehead atoms. The minimum atomic E-state index is -0.755. The molecule has 9 nitrogen and oxygen atoms in total. The fourth-order valence-electron chi connectivity index (χ4n) is 2.22. The van der Waals surface area contributed by atoms with Gasteiger partial charge in [-0.25, -0.2) is 4.79 Å². The Morgan fingerprint density at radius 2 is 1.56 bits per heavy atom. The zero-order chi connectivity index (χ0) is 20.0. The number of anilines is 2. The molecule has 0 aliphatic carbocycles. The fraction of sp³-hybridized carbons (Fsp3) is 0.167. The number of non-ortho nitro benzene ring substituents is 1. The lowest BCUT2D eigenvalue weighted by atomic mass is 10.1. The topological polar surface area (TPSA) is 128 Å². The van der Waals surface area contributed by atoms with Gasteiger partial charge in [0.2, 0.25) is 5.91 Å². The van der Waals surface area contributed by atoms with E-state index in [1.54, 1.807) is 31.2 Å². The summed E-state index contributed by atoms with van der Waals surface area (Å²) in [5, 5.41) is 16.2. The Morgan fingerprint density at radius 3 is 2.07 bits per heavy atom. The van der Waals surface area contributed by atoms with Gasteiger partial charge in [-0.1, -0.05) is 0 Å². The van der Waals surface area contributed by atoms with E-state index in [9.17, 15) is 24.5 Å². The molecule has 0 aromatic heterocycles. The molecule has 2 aromatic rings. The minimum absolute atomic E-state index is 0.0572. The smallest absolute Gasteiger partial charge is 0.338 e. The molecule has 0 aliphatic rings. The summed E-state index contributed by atoms with van der Waals surface area (Å²) in [4.78, 5) is 45.7. The van der Waals surface area contributed by atoms with E-state index >= 15 is 0 Å². The van der Waals surface area contributed by atoms with Crippen molar-refractivity contribution in [2.45, 2.75) is 13.8 Å². The summed E-state index contributed by atoms with van der Waals surface area (Å²) >= 11 is 0. The van der Waals surface area contributed by atoms with Crippen LogP contribution < -0.4 is 10.6 Å². The van der Waals surface area contributed by atoms with Gasteiger partial charge in [0, 0.05) is 36.0 Å². The number of nitro groups is 1. The average Bonchev–Trinajstić information content (AvgIpc) is 2.62. The van der Waals surface area contributed by atoms with Gasteiger partial charge in [0.15, 0.2) is 0 Å². The molecular formula is C18H17N3O6. The summed E-state index contributed by atoms with van der Waals surface area (Å²) in [6.45, 7) is 3.08. The molecule has 2 aromatic carbocycles. The first-order chi connectivity index (χ1) is 12.8. The summed E-state index contributed by atoms with van der Waals surface area (Å²) < 4.78 is 4.83. The van der Waals surface area contributed by atoms with Crippen LogP contribution in [0.1, 0.15) is 34.6 Å². The monoisotopic (exact) mass is 371 g/mol. The highest BCUT2D eigenvalue weighted by Gasteiger charge is 2.18. The summed E-state index contributed by atoms with van der Waals surface area (Å²) in [5.41, 5.74) is 0.431. The summed E-state index contributed by atoms with van der Waals surface area (Å²) in [5.74, 6) is -1.61. The van der Waals surface area contributed by atoms with Gasteiger partial charge in [0.1, 0.15) is 0 Å². The van der Waals surface area contributed by atoms with Gasteiger partial charge in [-0.05, 0) is 37.3 Å². The van der Waals surface area contributed by atoms with Gasteiger partial charge in [0.05, 0.1) is 17.1 Å². The van der Waals surface area contributed by atoms with Gasteiger partial charge in [-0.15, -0.1) is 0 Å². The van der Waals surface area contributed by atoms with Gasteiger partial charge >= 0.3 is 5.97 Å². The lowest BCUT2D eigenvalue weighted by molar-refractivity contribution is -0.384. The number of nitrogens with one attached hydrogen (secondary N) is 2. The minimum Gasteiger partial charge on any atom is -0.462 e. The molecule has 0 fully saturated rings. The number of amides is 2. The molecule has 0 unspecified atom stereocenters. The molecular weight excluding hydrogens is 354 g/mol. The summed E-state index contributed by atoms with van der Waals surface area (Å²) in [6, 6.07) is 9.66. The van der Waals surface area contributed by atoms with E-state index in [0.717, 1.165) is 12.1 Å². The second-order valence-electron chi connectivity index (χ2n) is 5.46. The second-order valence-corrected chi connectivity index (χ2v) is 5.46. The van der Waals surface area contributed by atoms with Crippen LogP contribution in [0, 0.1) is 10.1 Å². The fourth-order valence-corrected chi connectivity index (χ4v) is 2.22. The molecule has 0 radical (unpaired) electrons. The van der Waals surface area contributed by atoms with Crippen LogP contribution in [0.4, 0.5) is 17.1 Å². The van der Waals surface area contributed by atoms with Crippen LogP contribution in [0.25, 0.3) is 0 Å². The molecule has 0 heterocycles. The van der Waals surface area contributed by atoms with Crippen LogP contribution in [0.5, 0.6) is 0 Å². The third-order valence-corrected chi connectivity index (χ3v) is 3.37. The van der Waals surface area contributed by atoms with E-state index < -0.39 is 22.5 Å². The highest BCUT2D eigenvalue weighted by Crippen LogP contribution is 2.20. The number of nitro benzene ring substituents is 1. The van der Waals surface area contributed by atoms with E-state index in [1.807, 2.05) is 0 Å². The Balaban J connectivity index is 2.25. The Kier molecular flexibility index (Phi) is 6.21. The van der Waals surface area contributed by atoms with Crippen molar-refractivity contribution in [1.29, 1.82) is 0 Å². The van der Waals surface area contributed by atoms with Crippen molar-refractivity contribution in [1.82, 2.24) is 0 Å². The molecule has 2 amide bonds. The number of carbonyl (C=O) groups excluding carboxylic acids is 3. The molecule has 0 atom stereocenters. The first kappa shape index (κ1) is 19.6. The van der Waals surface area contributed by atoms with Crippen molar-refractivity contribution in [2.24, 2.45) is 0 Å². The maximum atomic E-state index is 12.4. The molecule has 0 aliphatic heterocycles. The van der Waals surface area contributed by atoms with Gasteiger partial charge < -0.3 is 15.4 Å². The number of benzene rings is 2. The number of nitrogens with zero attached hydrogens (tertiary/aromatic N) is 1. The standard InChI is InChI=1S/C18H17N3O6/c1-3-27-18(24)13-8-12(9-16(10-13)21(25)26)17(23)20-15-6-4-14(5-7-15)19-11(2)22/h4-10H,3H2,1-2H3,(H,19,22)(H,20,23). The predicted molar refractivity (Wildman–Crippen MR) is 97.8 cm³/mol. The second kappa shape index (κ2) is 8.56. The Hall–Kier alpha value is -3.75. The molecule has 2 N–H and O–H groups in total. The maximum Gasteiger partial charge on any atom is 0.338 e. The first-order valence-electron chi connectivity index (χ1n) is 7.95. The van der Waals surface area contributed by atoms with Crippen LogP contribution in [0.15, 0.2) is 42.5 Å². The quantitative estimate of drug-likeness (QED) is 0.456. The number of carbonyl (C=O) groups is 3. The number of esters is 1. The molecule has 140 valence electrons.